The largest absolute Gasteiger partial charge is 0.462 e. The van der Waals surface area contributed by atoms with Gasteiger partial charge in [-0.15, -0.1) is 0 Å². The van der Waals surface area contributed by atoms with Gasteiger partial charge in [0.25, 0.3) is 0 Å². The molecule has 5 nitrogen and oxygen atoms in total. The number of nitrogens with zero attached hydrogens (tertiary/aromatic N) is 1. The summed E-state index contributed by atoms with van der Waals surface area (Å²) in [6, 6.07) is 0. The summed E-state index contributed by atoms with van der Waals surface area (Å²) < 4.78 is 5.95. The maximum atomic E-state index is 12.5. The van der Waals surface area contributed by atoms with Crippen LogP contribution in [0, 0.1) is 0 Å². The van der Waals surface area contributed by atoms with Crippen LogP contribution in [0.5, 0.6) is 0 Å². The Labute approximate surface area is 306 Å². The number of carbonyl (C=O) groups is 3. The van der Waals surface area contributed by atoms with Crippen molar-refractivity contribution in [1.29, 1.82) is 0 Å². The van der Waals surface area contributed by atoms with Gasteiger partial charge in [0, 0.05) is 30.8 Å². The van der Waals surface area contributed by atoms with Crippen molar-refractivity contribution in [2.75, 3.05) is 32.1 Å². The van der Waals surface area contributed by atoms with Gasteiger partial charge in [0.1, 0.15) is 6.10 Å². The Kier molecular flexibility index (Phi) is 36.4. The van der Waals surface area contributed by atoms with E-state index in [0.29, 0.717) is 29.5 Å². The molecule has 0 aliphatic carbocycles. The minimum absolute atomic E-state index is 0.00852. The molecule has 0 aromatic rings. The summed E-state index contributed by atoms with van der Waals surface area (Å²) in [7, 11) is 4.06. The molecule has 0 atom stereocenters. The molecule has 0 aromatic heterocycles. The van der Waals surface area contributed by atoms with Gasteiger partial charge in [-0.05, 0) is 104 Å². The molecule has 0 rings (SSSR count). The van der Waals surface area contributed by atoms with Crippen molar-refractivity contribution in [3.05, 3.63) is 24.3 Å². The Bertz CT molecular complexity index is 762. The van der Waals surface area contributed by atoms with Crippen molar-refractivity contribution in [2.45, 2.75) is 187 Å². The summed E-state index contributed by atoms with van der Waals surface area (Å²) in [5.74, 6) is 1.73. The molecule has 0 aliphatic rings. The molecule has 0 amide bonds. The second kappa shape index (κ2) is 37.2. The fraction of sp³-hybridized carbons (Fsp3) is 0.829. The van der Waals surface area contributed by atoms with Crippen molar-refractivity contribution in [1.82, 2.24) is 4.90 Å². The highest BCUT2D eigenvalue weighted by atomic mass is 32.2. The molecular formula is C41H75NO4S2. The van der Waals surface area contributed by atoms with E-state index in [2.05, 4.69) is 43.1 Å². The lowest BCUT2D eigenvalue weighted by Gasteiger charge is -2.18. The number of rotatable bonds is 35. The van der Waals surface area contributed by atoms with E-state index in [9.17, 15) is 14.4 Å². The molecule has 0 radical (unpaired) electrons. The minimum atomic E-state index is -0.0622. The van der Waals surface area contributed by atoms with Crippen LogP contribution in [-0.4, -0.2) is 59.3 Å². The third-order valence-corrected chi connectivity index (χ3v) is 10.4. The zero-order valence-corrected chi connectivity index (χ0v) is 33.4. The lowest BCUT2D eigenvalue weighted by molar-refractivity contribution is -0.150. The van der Waals surface area contributed by atoms with Crippen molar-refractivity contribution < 1.29 is 19.1 Å². The molecule has 0 saturated carbocycles. The fourth-order valence-electron chi connectivity index (χ4n) is 5.51. The highest BCUT2D eigenvalue weighted by molar-refractivity contribution is 8.13. The smallest absolute Gasteiger partial charge is 0.306 e. The van der Waals surface area contributed by atoms with Crippen LogP contribution in [0.2, 0.25) is 0 Å². The molecule has 0 unspecified atom stereocenters. The fourth-order valence-corrected chi connectivity index (χ4v) is 7.05. The second-order valence-electron chi connectivity index (χ2n) is 13.6. The predicted molar refractivity (Wildman–Crippen MR) is 213 cm³/mol. The van der Waals surface area contributed by atoms with Crippen molar-refractivity contribution in [3.63, 3.8) is 0 Å². The first-order chi connectivity index (χ1) is 23.4. The quantitative estimate of drug-likeness (QED) is 0.0369. The summed E-state index contributed by atoms with van der Waals surface area (Å²) in [6.07, 6.45) is 36.3. The number of thioether (sulfide) groups is 2. The van der Waals surface area contributed by atoms with Gasteiger partial charge in [-0.3, -0.25) is 14.4 Å². The molecule has 0 aliphatic heterocycles. The molecule has 7 heteroatoms. The van der Waals surface area contributed by atoms with Crippen LogP contribution in [-0.2, 0) is 19.1 Å². The summed E-state index contributed by atoms with van der Waals surface area (Å²) in [6.45, 7) is 5.35. The third-order valence-electron chi connectivity index (χ3n) is 8.48. The number of allylic oxidation sites excluding steroid dienone is 4. The Morgan fingerprint density at radius 1 is 0.542 bits per heavy atom. The topological polar surface area (TPSA) is 63.7 Å². The Hall–Kier alpha value is -1.05. The second-order valence-corrected chi connectivity index (χ2v) is 15.9. The molecule has 0 bridgehead atoms. The van der Waals surface area contributed by atoms with E-state index < -0.39 is 0 Å². The third kappa shape index (κ3) is 36.2. The van der Waals surface area contributed by atoms with Gasteiger partial charge in [0.2, 0.25) is 0 Å². The number of carbonyl (C=O) groups excluding carboxylic acids is 3. The van der Waals surface area contributed by atoms with Gasteiger partial charge >= 0.3 is 5.97 Å². The summed E-state index contributed by atoms with van der Waals surface area (Å²) >= 11 is 2.98. The zero-order valence-electron chi connectivity index (χ0n) is 31.8. The Morgan fingerprint density at radius 2 is 0.979 bits per heavy atom. The van der Waals surface area contributed by atoms with Crippen LogP contribution in [0.15, 0.2) is 24.3 Å². The molecule has 0 N–H and O–H groups in total. The first-order valence-corrected chi connectivity index (χ1v) is 21.8. The summed E-state index contributed by atoms with van der Waals surface area (Å²) in [5, 5.41) is 0.662. The molecule has 0 fully saturated rings. The van der Waals surface area contributed by atoms with Crippen LogP contribution >= 0.6 is 23.5 Å². The Balaban J connectivity index is 4.10. The van der Waals surface area contributed by atoms with E-state index >= 15 is 0 Å². The van der Waals surface area contributed by atoms with E-state index in [1.54, 1.807) is 0 Å². The SMILES string of the molecule is CCCCC/C=C\CCSC(=O)CCCCCCCC(CCCCCCCC(=O)SCC/C=C\CCCCC)OC(=O)CCCN(C)C. The van der Waals surface area contributed by atoms with Crippen molar-refractivity contribution in [2.24, 2.45) is 0 Å². The van der Waals surface area contributed by atoms with Gasteiger partial charge in [0.05, 0.1) is 0 Å². The van der Waals surface area contributed by atoms with Crippen LogP contribution in [0.25, 0.3) is 0 Å². The van der Waals surface area contributed by atoms with E-state index in [-0.39, 0.29) is 12.1 Å². The average molecular weight is 710 g/mol. The molecule has 0 saturated heterocycles. The molecule has 280 valence electrons. The Morgan fingerprint density at radius 3 is 1.44 bits per heavy atom. The monoisotopic (exact) mass is 710 g/mol. The van der Waals surface area contributed by atoms with E-state index in [1.807, 2.05) is 14.1 Å². The standard InChI is InChI=1S/C41H75NO4S2/c1-5-7-9-11-13-21-27-36-47-40(44)33-25-19-15-17-23-30-38(46-39(43)32-29-35-42(3)4)31-24-18-16-20-26-34-41(45)48-37-28-22-14-12-10-8-6-2/h13-14,21-22,38H,5-12,15-20,23-37H2,1-4H3/b21-13-,22-14-. The number of esters is 1. The maximum absolute atomic E-state index is 12.5. The molecule has 0 heterocycles. The number of ether oxygens (including phenoxy) is 1. The van der Waals surface area contributed by atoms with Crippen molar-refractivity contribution in [3.8, 4) is 0 Å². The average Bonchev–Trinajstić information content (AvgIpc) is 3.05. The first-order valence-electron chi connectivity index (χ1n) is 19.8. The van der Waals surface area contributed by atoms with Gasteiger partial charge in [-0.25, -0.2) is 0 Å². The molecule has 0 spiro atoms. The summed E-state index contributed by atoms with van der Waals surface area (Å²) in [4.78, 5) is 39.0. The number of hydrogen-bond donors (Lipinski definition) is 0. The van der Waals surface area contributed by atoms with Gasteiger partial charge in [-0.1, -0.05) is 126 Å². The normalized spacial score (nSPS) is 11.9. The zero-order chi connectivity index (χ0) is 35.3. The van der Waals surface area contributed by atoms with Crippen LogP contribution in [0.1, 0.15) is 181 Å². The summed E-state index contributed by atoms with van der Waals surface area (Å²) in [5.41, 5.74) is 0. The lowest BCUT2D eigenvalue weighted by Crippen LogP contribution is -2.20. The minimum Gasteiger partial charge on any atom is -0.462 e. The van der Waals surface area contributed by atoms with Gasteiger partial charge in [0.15, 0.2) is 10.2 Å². The highest BCUT2D eigenvalue weighted by Gasteiger charge is 2.14. The van der Waals surface area contributed by atoms with Gasteiger partial charge in [-0.2, -0.15) is 0 Å². The number of unbranched alkanes of at least 4 members (excludes halogenated alkanes) is 14. The first kappa shape index (κ1) is 47.0. The molecule has 0 aromatic carbocycles. The highest BCUT2D eigenvalue weighted by Crippen LogP contribution is 2.19. The van der Waals surface area contributed by atoms with Crippen LogP contribution in [0.4, 0.5) is 0 Å². The van der Waals surface area contributed by atoms with Crippen molar-refractivity contribution >= 4 is 39.7 Å². The maximum Gasteiger partial charge on any atom is 0.306 e. The molecular weight excluding hydrogens is 635 g/mol. The van der Waals surface area contributed by atoms with E-state index in [1.165, 1.54) is 62.0 Å². The van der Waals surface area contributed by atoms with E-state index in [4.69, 9.17) is 4.74 Å². The van der Waals surface area contributed by atoms with Crippen LogP contribution in [0.3, 0.4) is 0 Å². The lowest BCUT2D eigenvalue weighted by atomic mass is 10.0. The molecule has 48 heavy (non-hydrogen) atoms. The predicted octanol–water partition coefficient (Wildman–Crippen LogP) is 12.3. The van der Waals surface area contributed by atoms with Gasteiger partial charge < -0.3 is 9.64 Å². The van der Waals surface area contributed by atoms with Crippen LogP contribution < -0.4 is 0 Å². The number of hydrogen-bond acceptors (Lipinski definition) is 7. The van der Waals surface area contributed by atoms with E-state index in [0.717, 1.165) is 127 Å².